The highest BCUT2D eigenvalue weighted by molar-refractivity contribution is 9.10. The smallest absolute Gasteiger partial charge is 0.127 e. The van der Waals surface area contributed by atoms with Gasteiger partial charge in [-0.2, -0.15) is 11.8 Å². The van der Waals surface area contributed by atoms with E-state index in [9.17, 15) is 0 Å². The van der Waals surface area contributed by atoms with Crippen LogP contribution in [0.3, 0.4) is 0 Å². The van der Waals surface area contributed by atoms with E-state index in [4.69, 9.17) is 0 Å². The van der Waals surface area contributed by atoms with E-state index in [-0.39, 0.29) is 0 Å². The quantitative estimate of drug-likeness (QED) is 0.864. The van der Waals surface area contributed by atoms with Gasteiger partial charge in [0.25, 0.3) is 0 Å². The van der Waals surface area contributed by atoms with E-state index >= 15 is 0 Å². The van der Waals surface area contributed by atoms with Crippen molar-refractivity contribution in [3.8, 4) is 0 Å². The summed E-state index contributed by atoms with van der Waals surface area (Å²) >= 11 is 5.42. The average Bonchev–Trinajstić information content (AvgIpc) is 2.30. The lowest BCUT2D eigenvalue weighted by Crippen LogP contribution is -2.36. The third-order valence-electron chi connectivity index (χ3n) is 2.55. The van der Waals surface area contributed by atoms with Crippen molar-refractivity contribution in [3.05, 3.63) is 22.8 Å². The van der Waals surface area contributed by atoms with E-state index < -0.39 is 0 Å². The van der Waals surface area contributed by atoms with Crippen molar-refractivity contribution in [1.82, 2.24) is 9.88 Å². The highest BCUT2D eigenvalue weighted by Gasteiger charge is 2.09. The van der Waals surface area contributed by atoms with Crippen molar-refractivity contribution in [1.29, 1.82) is 0 Å². The minimum absolute atomic E-state index is 0.881. The van der Waals surface area contributed by atoms with Gasteiger partial charge in [-0.3, -0.25) is 4.90 Å². The molecule has 0 saturated carbocycles. The van der Waals surface area contributed by atoms with E-state index in [1.165, 1.54) is 24.6 Å². The van der Waals surface area contributed by atoms with Gasteiger partial charge in [0.1, 0.15) is 10.4 Å². The maximum Gasteiger partial charge on any atom is 0.127 e. The Morgan fingerprint density at radius 3 is 2.94 bits per heavy atom. The van der Waals surface area contributed by atoms with E-state index in [1.807, 2.05) is 30.0 Å². The van der Waals surface area contributed by atoms with E-state index in [2.05, 4.69) is 31.1 Å². The molecule has 0 radical (unpaired) electrons. The van der Waals surface area contributed by atoms with E-state index in [1.54, 1.807) is 0 Å². The summed E-state index contributed by atoms with van der Waals surface area (Å²) in [7, 11) is 0. The van der Waals surface area contributed by atoms with Crippen LogP contribution in [-0.4, -0.2) is 47.6 Å². The Labute approximate surface area is 109 Å². The maximum absolute atomic E-state index is 4.34. The minimum atomic E-state index is 0.881. The largest absolute Gasteiger partial charge is 0.369 e. The van der Waals surface area contributed by atoms with Gasteiger partial charge in [-0.25, -0.2) is 4.98 Å². The number of anilines is 1. The average molecular weight is 302 g/mol. The van der Waals surface area contributed by atoms with Gasteiger partial charge in [0.05, 0.1) is 0 Å². The number of pyridine rings is 1. The van der Waals surface area contributed by atoms with Crippen molar-refractivity contribution < 1.29 is 0 Å². The van der Waals surface area contributed by atoms with Crippen LogP contribution in [0.25, 0.3) is 0 Å². The predicted octanol–water partition coefficient (Wildman–Crippen LogP) is 2.30. The summed E-state index contributed by atoms with van der Waals surface area (Å²) in [5.74, 6) is 3.49. The number of hydrogen-bond acceptors (Lipinski definition) is 4. The fourth-order valence-electron chi connectivity index (χ4n) is 1.67. The summed E-state index contributed by atoms with van der Waals surface area (Å²) < 4.78 is 0.881. The second-order valence-electron chi connectivity index (χ2n) is 3.73. The molecule has 1 N–H and O–H groups in total. The predicted molar refractivity (Wildman–Crippen MR) is 74.2 cm³/mol. The van der Waals surface area contributed by atoms with Crippen LogP contribution in [0.1, 0.15) is 0 Å². The molecule has 1 aromatic rings. The Morgan fingerprint density at radius 2 is 2.19 bits per heavy atom. The molecule has 0 spiro atoms. The first-order valence-electron chi connectivity index (χ1n) is 5.51. The van der Waals surface area contributed by atoms with Crippen LogP contribution in [0.2, 0.25) is 0 Å². The van der Waals surface area contributed by atoms with Crippen LogP contribution in [0.15, 0.2) is 22.8 Å². The number of nitrogens with zero attached hydrogens (tertiary/aromatic N) is 2. The zero-order valence-corrected chi connectivity index (χ0v) is 11.6. The summed E-state index contributed by atoms with van der Waals surface area (Å²) in [4.78, 5) is 6.84. The van der Waals surface area contributed by atoms with Crippen LogP contribution in [0, 0.1) is 0 Å². The molecule has 0 bridgehead atoms. The molecule has 2 heterocycles. The molecule has 1 saturated heterocycles. The number of halogens is 1. The standard InChI is InChI=1S/C11H16BrN3S/c12-10-2-1-3-11(14-10)13-4-5-15-6-8-16-9-7-15/h1-3H,4-9H2,(H,13,14). The van der Waals surface area contributed by atoms with Gasteiger partial charge >= 0.3 is 0 Å². The van der Waals surface area contributed by atoms with Crippen molar-refractivity contribution >= 4 is 33.5 Å². The zero-order valence-electron chi connectivity index (χ0n) is 9.16. The summed E-state index contributed by atoms with van der Waals surface area (Å²) in [5, 5.41) is 3.34. The van der Waals surface area contributed by atoms with Gasteiger partial charge in [0.15, 0.2) is 0 Å². The fourth-order valence-corrected chi connectivity index (χ4v) is 3.00. The molecule has 1 aromatic heterocycles. The number of hydrogen-bond donors (Lipinski definition) is 1. The Kier molecular flexibility index (Phi) is 4.93. The summed E-state index contributed by atoms with van der Waals surface area (Å²) in [6.07, 6.45) is 0. The van der Waals surface area contributed by atoms with Gasteiger partial charge < -0.3 is 5.32 Å². The van der Waals surface area contributed by atoms with Crippen LogP contribution < -0.4 is 5.32 Å². The third kappa shape index (κ3) is 3.96. The molecule has 0 aliphatic carbocycles. The molecule has 0 amide bonds. The van der Waals surface area contributed by atoms with Gasteiger partial charge in [0.2, 0.25) is 0 Å². The molecule has 1 fully saturated rings. The van der Waals surface area contributed by atoms with Crippen molar-refractivity contribution in [3.63, 3.8) is 0 Å². The molecular weight excluding hydrogens is 286 g/mol. The molecule has 1 aliphatic heterocycles. The molecule has 16 heavy (non-hydrogen) atoms. The lowest BCUT2D eigenvalue weighted by Gasteiger charge is -2.26. The maximum atomic E-state index is 4.34. The van der Waals surface area contributed by atoms with Crippen LogP contribution >= 0.6 is 27.7 Å². The zero-order chi connectivity index (χ0) is 11.2. The van der Waals surface area contributed by atoms with Crippen LogP contribution in [-0.2, 0) is 0 Å². The Bertz CT molecular complexity index is 329. The molecule has 0 aromatic carbocycles. The number of rotatable bonds is 4. The van der Waals surface area contributed by atoms with Crippen LogP contribution in [0.5, 0.6) is 0 Å². The van der Waals surface area contributed by atoms with E-state index in [0.717, 1.165) is 23.5 Å². The van der Waals surface area contributed by atoms with Crippen LogP contribution in [0.4, 0.5) is 5.82 Å². The van der Waals surface area contributed by atoms with Gasteiger partial charge in [-0.15, -0.1) is 0 Å². The Hall–Kier alpha value is -0.260. The Balaban J connectivity index is 1.71. The molecule has 3 nitrogen and oxygen atoms in total. The molecule has 0 atom stereocenters. The van der Waals surface area contributed by atoms with Crippen molar-refractivity contribution in [2.24, 2.45) is 0 Å². The highest BCUT2D eigenvalue weighted by atomic mass is 79.9. The molecule has 88 valence electrons. The summed E-state index contributed by atoms with van der Waals surface area (Å²) in [6, 6.07) is 5.93. The molecule has 1 aliphatic rings. The van der Waals surface area contributed by atoms with Gasteiger partial charge in [-0.05, 0) is 28.1 Å². The lowest BCUT2D eigenvalue weighted by atomic mass is 10.4. The lowest BCUT2D eigenvalue weighted by molar-refractivity contribution is 0.314. The Morgan fingerprint density at radius 1 is 1.38 bits per heavy atom. The monoisotopic (exact) mass is 301 g/mol. The first-order chi connectivity index (χ1) is 7.84. The van der Waals surface area contributed by atoms with Crippen molar-refractivity contribution in [2.75, 3.05) is 43.0 Å². The number of thioether (sulfide) groups is 1. The molecule has 2 rings (SSSR count). The first-order valence-corrected chi connectivity index (χ1v) is 7.46. The first kappa shape index (κ1) is 12.2. The van der Waals surface area contributed by atoms with Gasteiger partial charge in [0, 0.05) is 37.7 Å². The fraction of sp³-hybridized carbons (Fsp3) is 0.545. The minimum Gasteiger partial charge on any atom is -0.369 e. The molecule has 0 unspecified atom stereocenters. The second kappa shape index (κ2) is 6.47. The SMILES string of the molecule is Brc1cccc(NCCN2CCSCC2)n1. The third-order valence-corrected chi connectivity index (χ3v) is 3.94. The molecule has 5 heteroatoms. The molecular formula is C11H16BrN3S. The van der Waals surface area contributed by atoms with Gasteiger partial charge in [-0.1, -0.05) is 6.07 Å². The van der Waals surface area contributed by atoms with E-state index in [0.29, 0.717) is 0 Å². The number of aromatic nitrogens is 1. The normalized spacial score (nSPS) is 17.3. The van der Waals surface area contributed by atoms with Crippen molar-refractivity contribution in [2.45, 2.75) is 0 Å². The summed E-state index contributed by atoms with van der Waals surface area (Å²) in [6.45, 7) is 4.51. The highest BCUT2D eigenvalue weighted by Crippen LogP contribution is 2.11. The summed E-state index contributed by atoms with van der Waals surface area (Å²) in [5.41, 5.74) is 0. The topological polar surface area (TPSA) is 28.2 Å². The second-order valence-corrected chi connectivity index (χ2v) is 5.76. The number of nitrogens with one attached hydrogen (secondary N) is 1.